The normalized spacial score (nSPS) is 11.0. The van der Waals surface area contributed by atoms with Crippen LogP contribution in [-0.2, 0) is 6.54 Å². The van der Waals surface area contributed by atoms with Gasteiger partial charge in [0.15, 0.2) is 5.13 Å². The minimum Gasteiger partial charge on any atom is -0.356 e. The zero-order valence-corrected chi connectivity index (χ0v) is 11.2. The van der Waals surface area contributed by atoms with E-state index in [1.54, 1.807) is 11.3 Å². The predicted molar refractivity (Wildman–Crippen MR) is 74.1 cm³/mol. The number of pyridine rings is 1. The number of hydrogen-bond donors (Lipinski definition) is 1. The van der Waals surface area contributed by atoms with Crippen LogP contribution in [0.3, 0.4) is 0 Å². The van der Waals surface area contributed by atoms with Gasteiger partial charge in [0.2, 0.25) is 0 Å². The first-order chi connectivity index (χ1) is 8.74. The summed E-state index contributed by atoms with van der Waals surface area (Å²) < 4.78 is 2.11. The molecular weight excluding hydrogens is 244 g/mol. The Labute approximate surface area is 109 Å². The largest absolute Gasteiger partial charge is 0.356 e. The third kappa shape index (κ3) is 1.97. The second-order valence-electron chi connectivity index (χ2n) is 4.26. The van der Waals surface area contributed by atoms with Crippen LogP contribution in [-0.4, -0.2) is 14.4 Å². The molecule has 0 spiro atoms. The maximum atomic E-state index is 4.44. The molecule has 92 valence electrons. The average molecular weight is 258 g/mol. The van der Waals surface area contributed by atoms with Crippen molar-refractivity contribution >= 4 is 22.1 Å². The number of aryl methyl sites for hydroxylation is 2. The number of fused-ring (bicyclic) bond motifs is 1. The van der Waals surface area contributed by atoms with Gasteiger partial charge in [0.05, 0.1) is 18.4 Å². The molecule has 0 aliphatic heterocycles. The van der Waals surface area contributed by atoms with Gasteiger partial charge in [0, 0.05) is 17.3 Å². The Morgan fingerprint density at radius 1 is 1.28 bits per heavy atom. The summed E-state index contributed by atoms with van der Waals surface area (Å²) in [5, 5.41) is 4.28. The lowest BCUT2D eigenvalue weighted by Gasteiger charge is -2.03. The van der Waals surface area contributed by atoms with E-state index in [0.29, 0.717) is 0 Å². The van der Waals surface area contributed by atoms with Crippen LogP contribution in [0.5, 0.6) is 0 Å². The molecule has 0 amide bonds. The van der Waals surface area contributed by atoms with Crippen molar-refractivity contribution in [1.29, 1.82) is 0 Å². The van der Waals surface area contributed by atoms with Gasteiger partial charge in [0.1, 0.15) is 5.65 Å². The highest BCUT2D eigenvalue weighted by Gasteiger charge is 2.05. The van der Waals surface area contributed by atoms with E-state index in [9.17, 15) is 0 Å². The topological polar surface area (TPSA) is 42.2 Å². The lowest BCUT2D eigenvalue weighted by atomic mass is 10.3. The fourth-order valence-electron chi connectivity index (χ4n) is 1.94. The minimum absolute atomic E-state index is 0.734. The van der Waals surface area contributed by atoms with Crippen LogP contribution in [0.2, 0.25) is 0 Å². The third-order valence-electron chi connectivity index (χ3n) is 2.85. The molecule has 5 heteroatoms. The maximum absolute atomic E-state index is 4.44. The number of hydrogen-bond acceptors (Lipinski definition) is 4. The van der Waals surface area contributed by atoms with Gasteiger partial charge in [-0.2, -0.15) is 0 Å². The number of aromatic nitrogens is 3. The Morgan fingerprint density at radius 2 is 2.17 bits per heavy atom. The van der Waals surface area contributed by atoms with Crippen LogP contribution in [0, 0.1) is 13.8 Å². The SMILES string of the molecule is Cc1cnc(NCc2cnc3c(C)cccn23)s1. The Balaban J connectivity index is 1.85. The molecule has 3 aromatic heterocycles. The first-order valence-electron chi connectivity index (χ1n) is 5.82. The highest BCUT2D eigenvalue weighted by Crippen LogP contribution is 2.18. The number of imidazole rings is 1. The van der Waals surface area contributed by atoms with Gasteiger partial charge in [-0.05, 0) is 25.5 Å². The van der Waals surface area contributed by atoms with Crippen molar-refractivity contribution in [3.63, 3.8) is 0 Å². The van der Waals surface area contributed by atoms with E-state index in [2.05, 4.69) is 39.6 Å². The molecule has 0 aliphatic rings. The van der Waals surface area contributed by atoms with Gasteiger partial charge in [-0.15, -0.1) is 11.3 Å². The fourth-order valence-corrected chi connectivity index (χ4v) is 2.60. The first kappa shape index (κ1) is 11.2. The van der Waals surface area contributed by atoms with Gasteiger partial charge in [-0.1, -0.05) is 6.07 Å². The molecule has 0 radical (unpaired) electrons. The summed E-state index contributed by atoms with van der Waals surface area (Å²) in [5.74, 6) is 0. The second-order valence-corrected chi connectivity index (χ2v) is 5.50. The molecule has 0 bridgehead atoms. The van der Waals surface area contributed by atoms with Crippen molar-refractivity contribution in [3.05, 3.63) is 46.9 Å². The van der Waals surface area contributed by atoms with E-state index in [0.717, 1.165) is 23.0 Å². The van der Waals surface area contributed by atoms with Crippen LogP contribution in [0.15, 0.2) is 30.7 Å². The van der Waals surface area contributed by atoms with E-state index in [1.165, 1.54) is 10.4 Å². The number of anilines is 1. The van der Waals surface area contributed by atoms with E-state index in [4.69, 9.17) is 0 Å². The van der Waals surface area contributed by atoms with Crippen molar-refractivity contribution in [3.8, 4) is 0 Å². The zero-order valence-electron chi connectivity index (χ0n) is 10.3. The second kappa shape index (κ2) is 4.42. The molecular formula is C13H14N4S. The molecule has 0 saturated heterocycles. The molecule has 3 rings (SSSR count). The number of rotatable bonds is 3. The highest BCUT2D eigenvalue weighted by atomic mass is 32.1. The van der Waals surface area contributed by atoms with Crippen LogP contribution in [0.1, 0.15) is 16.1 Å². The molecule has 0 atom stereocenters. The molecule has 3 aromatic rings. The Kier molecular flexibility index (Phi) is 2.76. The molecule has 0 unspecified atom stereocenters. The molecule has 0 aromatic carbocycles. The lowest BCUT2D eigenvalue weighted by Crippen LogP contribution is -2.02. The maximum Gasteiger partial charge on any atom is 0.183 e. The molecule has 0 saturated carbocycles. The molecule has 3 heterocycles. The van der Waals surface area contributed by atoms with E-state index < -0.39 is 0 Å². The van der Waals surface area contributed by atoms with Gasteiger partial charge >= 0.3 is 0 Å². The van der Waals surface area contributed by atoms with Crippen molar-refractivity contribution in [1.82, 2.24) is 14.4 Å². The van der Waals surface area contributed by atoms with Crippen LogP contribution < -0.4 is 5.32 Å². The van der Waals surface area contributed by atoms with E-state index >= 15 is 0 Å². The number of nitrogens with one attached hydrogen (secondary N) is 1. The van der Waals surface area contributed by atoms with E-state index in [1.807, 2.05) is 24.7 Å². The van der Waals surface area contributed by atoms with Gasteiger partial charge < -0.3 is 9.72 Å². The zero-order chi connectivity index (χ0) is 12.5. The average Bonchev–Trinajstić information content (AvgIpc) is 2.94. The number of thiazole rings is 1. The quantitative estimate of drug-likeness (QED) is 0.785. The van der Waals surface area contributed by atoms with Gasteiger partial charge in [-0.25, -0.2) is 9.97 Å². The monoisotopic (exact) mass is 258 g/mol. The molecule has 1 N–H and O–H groups in total. The Hall–Kier alpha value is -1.88. The first-order valence-corrected chi connectivity index (χ1v) is 6.63. The van der Waals surface area contributed by atoms with Crippen molar-refractivity contribution in [2.75, 3.05) is 5.32 Å². The summed E-state index contributed by atoms with van der Waals surface area (Å²) in [5.41, 5.74) is 3.35. The van der Waals surface area contributed by atoms with Crippen LogP contribution in [0.25, 0.3) is 5.65 Å². The molecule has 0 fully saturated rings. The van der Waals surface area contributed by atoms with Crippen molar-refractivity contribution < 1.29 is 0 Å². The summed E-state index contributed by atoms with van der Waals surface area (Å²) in [4.78, 5) is 9.95. The lowest BCUT2D eigenvalue weighted by molar-refractivity contribution is 0.997. The third-order valence-corrected chi connectivity index (χ3v) is 3.72. The summed E-state index contributed by atoms with van der Waals surface area (Å²) in [6, 6.07) is 4.12. The Bertz CT molecular complexity index is 683. The smallest absolute Gasteiger partial charge is 0.183 e. The molecule has 18 heavy (non-hydrogen) atoms. The number of nitrogens with zero attached hydrogens (tertiary/aromatic N) is 3. The Morgan fingerprint density at radius 3 is 2.94 bits per heavy atom. The summed E-state index contributed by atoms with van der Waals surface area (Å²) in [6.07, 6.45) is 5.83. The summed E-state index contributed by atoms with van der Waals surface area (Å²) in [7, 11) is 0. The van der Waals surface area contributed by atoms with Gasteiger partial charge in [-0.3, -0.25) is 0 Å². The fraction of sp³-hybridized carbons (Fsp3) is 0.231. The molecule has 4 nitrogen and oxygen atoms in total. The van der Waals surface area contributed by atoms with Crippen LogP contribution >= 0.6 is 11.3 Å². The minimum atomic E-state index is 0.734. The summed E-state index contributed by atoms with van der Waals surface area (Å²) >= 11 is 1.67. The van der Waals surface area contributed by atoms with Crippen molar-refractivity contribution in [2.24, 2.45) is 0 Å². The molecule has 0 aliphatic carbocycles. The highest BCUT2D eigenvalue weighted by molar-refractivity contribution is 7.15. The van der Waals surface area contributed by atoms with E-state index in [-0.39, 0.29) is 0 Å². The predicted octanol–water partition coefficient (Wildman–Crippen LogP) is 3.02. The standard InChI is InChI=1S/C13H14N4S/c1-9-4-3-5-17-11(7-14-12(9)17)8-16-13-15-6-10(2)18-13/h3-7H,8H2,1-2H3,(H,15,16). The van der Waals surface area contributed by atoms with Gasteiger partial charge in [0.25, 0.3) is 0 Å². The van der Waals surface area contributed by atoms with Crippen LogP contribution in [0.4, 0.5) is 5.13 Å². The summed E-state index contributed by atoms with van der Waals surface area (Å²) in [6.45, 7) is 4.86. The van der Waals surface area contributed by atoms with Crippen molar-refractivity contribution in [2.45, 2.75) is 20.4 Å².